The van der Waals surface area contributed by atoms with Crippen molar-refractivity contribution in [1.29, 1.82) is 0 Å². The van der Waals surface area contributed by atoms with Gasteiger partial charge in [-0.05, 0) is 12.1 Å². The number of anilines is 1. The summed E-state index contributed by atoms with van der Waals surface area (Å²) in [4.78, 5) is 14.1. The maximum Gasteiger partial charge on any atom is 0.238 e. The van der Waals surface area contributed by atoms with E-state index in [0.717, 1.165) is 0 Å². The van der Waals surface area contributed by atoms with Crippen LogP contribution in [0.4, 0.5) is 5.69 Å². The summed E-state index contributed by atoms with van der Waals surface area (Å²) in [5.74, 6) is 1.16. The summed E-state index contributed by atoms with van der Waals surface area (Å²) in [7, 11) is -3.15. The van der Waals surface area contributed by atoms with Gasteiger partial charge in [-0.3, -0.25) is 9.69 Å². The molecule has 1 aromatic rings. The van der Waals surface area contributed by atoms with Crippen molar-refractivity contribution in [2.24, 2.45) is 0 Å². The molecule has 0 bridgehead atoms. The van der Waals surface area contributed by atoms with E-state index in [1.165, 1.54) is 10.6 Å². The van der Waals surface area contributed by atoms with Gasteiger partial charge in [-0.15, -0.1) is 0 Å². The number of fused-ring (bicyclic) bond motifs is 1. The van der Waals surface area contributed by atoms with Crippen LogP contribution in [0.15, 0.2) is 18.2 Å². The number of hydrogen-bond acceptors (Lipinski definition) is 6. The molecule has 1 fully saturated rings. The van der Waals surface area contributed by atoms with E-state index in [-0.39, 0.29) is 12.5 Å². The van der Waals surface area contributed by atoms with Crippen LogP contribution in [0.1, 0.15) is 0 Å². The zero-order chi connectivity index (χ0) is 17.2. The number of nitrogens with one attached hydrogen (secondary N) is 1. The summed E-state index contributed by atoms with van der Waals surface area (Å²) in [6.07, 6.45) is 1.21. The van der Waals surface area contributed by atoms with Crippen LogP contribution in [0, 0.1) is 0 Å². The summed E-state index contributed by atoms with van der Waals surface area (Å²) >= 11 is 0. The van der Waals surface area contributed by atoms with Crippen LogP contribution in [-0.2, 0) is 14.8 Å². The second-order valence-corrected chi connectivity index (χ2v) is 7.83. The first-order valence-electron chi connectivity index (χ1n) is 7.79. The molecule has 3 rings (SSSR count). The summed E-state index contributed by atoms with van der Waals surface area (Å²) in [5, 5.41) is 2.83. The third-order valence-electron chi connectivity index (χ3n) is 3.99. The van der Waals surface area contributed by atoms with Crippen molar-refractivity contribution in [3.05, 3.63) is 18.2 Å². The molecule has 0 unspecified atom stereocenters. The molecular formula is C15H21N3O5S. The highest BCUT2D eigenvalue weighted by Gasteiger charge is 2.24. The van der Waals surface area contributed by atoms with Crippen molar-refractivity contribution >= 4 is 21.6 Å². The number of rotatable bonds is 4. The number of sulfonamides is 1. The van der Waals surface area contributed by atoms with Crippen molar-refractivity contribution in [2.45, 2.75) is 0 Å². The van der Waals surface area contributed by atoms with E-state index < -0.39 is 10.0 Å². The first-order valence-corrected chi connectivity index (χ1v) is 9.63. The standard InChI is InChI=1S/C15H21N3O5S/c1-24(20,21)18-6-4-17(5-7-18)11-15(19)16-12-2-3-13-14(10-12)23-9-8-22-13/h2-3,10H,4-9,11H2,1H3,(H,16,19). The zero-order valence-corrected chi connectivity index (χ0v) is 14.3. The van der Waals surface area contributed by atoms with Crippen LogP contribution in [0.2, 0.25) is 0 Å². The molecule has 0 aromatic heterocycles. The largest absolute Gasteiger partial charge is 0.486 e. The van der Waals surface area contributed by atoms with Gasteiger partial charge in [-0.25, -0.2) is 8.42 Å². The highest BCUT2D eigenvalue weighted by molar-refractivity contribution is 7.88. The first kappa shape index (κ1) is 17.0. The maximum absolute atomic E-state index is 12.2. The fourth-order valence-electron chi connectivity index (χ4n) is 2.74. The van der Waals surface area contributed by atoms with Crippen LogP contribution >= 0.6 is 0 Å². The SMILES string of the molecule is CS(=O)(=O)N1CCN(CC(=O)Nc2ccc3c(c2)OCCO3)CC1. The minimum Gasteiger partial charge on any atom is -0.486 e. The van der Waals surface area contributed by atoms with Crippen molar-refractivity contribution in [3.8, 4) is 11.5 Å². The number of carbonyl (C=O) groups excluding carboxylic acids is 1. The van der Waals surface area contributed by atoms with Gasteiger partial charge in [0.05, 0.1) is 12.8 Å². The Morgan fingerprint density at radius 3 is 2.46 bits per heavy atom. The fraction of sp³-hybridized carbons (Fsp3) is 0.533. The average Bonchev–Trinajstić information content (AvgIpc) is 2.54. The quantitative estimate of drug-likeness (QED) is 0.816. The third-order valence-corrected chi connectivity index (χ3v) is 5.30. The smallest absolute Gasteiger partial charge is 0.238 e. The number of hydrogen-bond donors (Lipinski definition) is 1. The van der Waals surface area contributed by atoms with E-state index >= 15 is 0 Å². The normalized spacial score (nSPS) is 19.0. The van der Waals surface area contributed by atoms with Crippen molar-refractivity contribution < 1.29 is 22.7 Å². The first-order chi connectivity index (χ1) is 11.4. The molecule has 132 valence electrons. The number of ether oxygens (including phenoxy) is 2. The van der Waals surface area contributed by atoms with E-state index in [2.05, 4.69) is 5.32 Å². The van der Waals surface area contributed by atoms with Crippen molar-refractivity contribution in [1.82, 2.24) is 9.21 Å². The Kier molecular flexibility index (Phi) is 4.93. The third kappa shape index (κ3) is 4.16. The zero-order valence-electron chi connectivity index (χ0n) is 13.5. The number of piperazine rings is 1. The lowest BCUT2D eigenvalue weighted by atomic mass is 10.2. The molecule has 1 aromatic carbocycles. The number of nitrogens with zero attached hydrogens (tertiary/aromatic N) is 2. The summed E-state index contributed by atoms with van der Waals surface area (Å²) in [6.45, 7) is 3.16. The van der Waals surface area contributed by atoms with Gasteiger partial charge in [0.2, 0.25) is 15.9 Å². The van der Waals surface area contributed by atoms with Crippen LogP contribution in [0.25, 0.3) is 0 Å². The summed E-state index contributed by atoms with van der Waals surface area (Å²) in [5.41, 5.74) is 0.652. The Hall–Kier alpha value is -1.84. The molecule has 0 saturated carbocycles. The molecule has 1 saturated heterocycles. The van der Waals surface area contributed by atoms with E-state index in [0.29, 0.717) is 56.6 Å². The monoisotopic (exact) mass is 355 g/mol. The molecule has 0 aliphatic carbocycles. The highest BCUT2D eigenvalue weighted by atomic mass is 32.2. The van der Waals surface area contributed by atoms with Gasteiger partial charge in [-0.1, -0.05) is 0 Å². The van der Waals surface area contributed by atoms with Gasteiger partial charge < -0.3 is 14.8 Å². The highest BCUT2D eigenvalue weighted by Crippen LogP contribution is 2.32. The van der Waals surface area contributed by atoms with E-state index in [1.807, 2.05) is 4.90 Å². The van der Waals surface area contributed by atoms with Gasteiger partial charge >= 0.3 is 0 Å². The minimum atomic E-state index is -3.15. The lowest BCUT2D eigenvalue weighted by Gasteiger charge is -2.32. The molecule has 2 aliphatic rings. The number of benzene rings is 1. The molecule has 0 atom stereocenters. The molecule has 0 radical (unpaired) electrons. The Labute approximate surface area is 141 Å². The topological polar surface area (TPSA) is 88.2 Å². The van der Waals surface area contributed by atoms with Crippen molar-refractivity contribution in [2.75, 3.05) is 57.5 Å². The van der Waals surface area contributed by atoms with Gasteiger partial charge in [0.15, 0.2) is 11.5 Å². The Balaban J connectivity index is 1.51. The lowest BCUT2D eigenvalue weighted by molar-refractivity contribution is -0.117. The summed E-state index contributed by atoms with van der Waals surface area (Å²) in [6, 6.07) is 5.29. The van der Waals surface area contributed by atoms with Crippen LogP contribution in [0.3, 0.4) is 0 Å². The molecule has 24 heavy (non-hydrogen) atoms. The molecule has 8 nitrogen and oxygen atoms in total. The molecule has 2 aliphatic heterocycles. The second-order valence-electron chi connectivity index (χ2n) is 5.84. The van der Waals surface area contributed by atoms with Gasteiger partial charge in [0.1, 0.15) is 13.2 Å². The molecule has 9 heteroatoms. The number of amides is 1. The van der Waals surface area contributed by atoms with Gasteiger partial charge in [0, 0.05) is 37.9 Å². The Bertz CT molecular complexity index is 714. The average molecular weight is 355 g/mol. The van der Waals surface area contributed by atoms with E-state index in [1.54, 1.807) is 18.2 Å². The minimum absolute atomic E-state index is 0.139. The predicted octanol–water partition coefficient (Wildman–Crippen LogP) is -0.0265. The molecule has 2 heterocycles. The van der Waals surface area contributed by atoms with E-state index in [4.69, 9.17) is 9.47 Å². The van der Waals surface area contributed by atoms with Gasteiger partial charge in [0.25, 0.3) is 0 Å². The lowest BCUT2D eigenvalue weighted by Crippen LogP contribution is -2.50. The van der Waals surface area contributed by atoms with Crippen molar-refractivity contribution in [3.63, 3.8) is 0 Å². The molecule has 1 N–H and O–H groups in total. The second kappa shape index (κ2) is 6.96. The number of carbonyl (C=O) groups is 1. The van der Waals surface area contributed by atoms with Gasteiger partial charge in [-0.2, -0.15) is 4.31 Å². The Morgan fingerprint density at radius 2 is 1.79 bits per heavy atom. The molecule has 1 amide bonds. The fourth-order valence-corrected chi connectivity index (χ4v) is 3.57. The Morgan fingerprint density at radius 1 is 1.12 bits per heavy atom. The predicted molar refractivity (Wildman–Crippen MR) is 88.9 cm³/mol. The van der Waals surface area contributed by atoms with Crippen LogP contribution < -0.4 is 14.8 Å². The van der Waals surface area contributed by atoms with E-state index in [9.17, 15) is 13.2 Å². The maximum atomic E-state index is 12.2. The molecule has 0 spiro atoms. The van der Waals surface area contributed by atoms with Crippen LogP contribution in [-0.4, -0.2) is 75.7 Å². The molecular weight excluding hydrogens is 334 g/mol. The summed E-state index contributed by atoms with van der Waals surface area (Å²) < 4.78 is 35.3. The van der Waals surface area contributed by atoms with Crippen LogP contribution in [0.5, 0.6) is 11.5 Å².